The molecule has 0 bridgehead atoms. The molecule has 2 fully saturated rings. The first-order valence-electron chi connectivity index (χ1n) is 3.73. The molecule has 2 rings (SSSR count). The van der Waals surface area contributed by atoms with Crippen LogP contribution in [0.2, 0.25) is 0 Å². The fourth-order valence-corrected chi connectivity index (χ4v) is 2.43. The second kappa shape index (κ2) is 3.13. The number of carbonyl (C=O) groups excluding carboxylic acids is 1. The highest BCUT2D eigenvalue weighted by Crippen LogP contribution is 2.28. The van der Waals surface area contributed by atoms with Gasteiger partial charge in [0.2, 0.25) is 0 Å². The lowest BCUT2D eigenvalue weighted by molar-refractivity contribution is -0.170. The zero-order valence-corrected chi connectivity index (χ0v) is 6.93. The Hall–Kier alpha value is -0.0600. The lowest BCUT2D eigenvalue weighted by Gasteiger charge is -2.33. The van der Waals surface area contributed by atoms with Crippen LogP contribution >= 0.6 is 11.8 Å². The molecule has 2 aliphatic rings. The van der Waals surface area contributed by atoms with Crippen LogP contribution in [0.5, 0.6) is 0 Å². The van der Waals surface area contributed by atoms with Gasteiger partial charge in [-0.25, -0.2) is 0 Å². The van der Waals surface area contributed by atoms with Crippen molar-refractivity contribution in [3.63, 3.8) is 0 Å². The van der Waals surface area contributed by atoms with Crippen molar-refractivity contribution < 1.29 is 14.3 Å². The Labute approximate surface area is 69.4 Å². The summed E-state index contributed by atoms with van der Waals surface area (Å²) in [6, 6.07) is 0. The first kappa shape index (κ1) is 7.58. The third kappa shape index (κ3) is 1.58. The molecule has 0 amide bonds. The minimum atomic E-state index is -0.119. The maximum Gasteiger partial charge on any atom is 0.170 e. The molecule has 0 saturated carbocycles. The maximum absolute atomic E-state index is 10.9. The van der Waals surface area contributed by atoms with E-state index in [4.69, 9.17) is 9.47 Å². The Morgan fingerprint density at radius 2 is 2.36 bits per heavy atom. The van der Waals surface area contributed by atoms with Gasteiger partial charge in [-0.1, -0.05) is 0 Å². The van der Waals surface area contributed by atoms with E-state index in [1.807, 2.05) is 0 Å². The van der Waals surface area contributed by atoms with Crippen LogP contribution in [0.1, 0.15) is 6.42 Å². The molecule has 2 heterocycles. The van der Waals surface area contributed by atoms with Crippen LogP contribution in [0.3, 0.4) is 0 Å². The van der Waals surface area contributed by atoms with Crippen LogP contribution in [0.15, 0.2) is 0 Å². The van der Waals surface area contributed by atoms with Gasteiger partial charge in [-0.3, -0.25) is 4.79 Å². The highest BCUT2D eigenvalue weighted by molar-refractivity contribution is 8.00. The minimum absolute atomic E-state index is 0.119. The molecule has 2 saturated heterocycles. The average Bonchev–Trinajstić information content (AvgIpc) is 2.04. The predicted molar refractivity (Wildman–Crippen MR) is 41.6 cm³/mol. The number of thioether (sulfide) groups is 1. The molecule has 0 radical (unpaired) electrons. The Kier molecular flexibility index (Phi) is 2.16. The van der Waals surface area contributed by atoms with Gasteiger partial charge in [-0.05, 0) is 0 Å². The number of ether oxygens (including phenoxy) is 2. The highest BCUT2D eigenvalue weighted by atomic mass is 32.2. The molecule has 11 heavy (non-hydrogen) atoms. The summed E-state index contributed by atoms with van der Waals surface area (Å²) in [5.41, 5.74) is 0. The zero-order chi connectivity index (χ0) is 7.68. The topological polar surface area (TPSA) is 35.5 Å². The van der Waals surface area contributed by atoms with Crippen molar-refractivity contribution in [1.29, 1.82) is 0 Å². The van der Waals surface area contributed by atoms with Gasteiger partial charge in [0.25, 0.3) is 0 Å². The van der Waals surface area contributed by atoms with E-state index in [0.717, 1.165) is 12.4 Å². The van der Waals surface area contributed by atoms with Crippen molar-refractivity contribution in [2.24, 2.45) is 0 Å². The number of fused-ring (bicyclic) bond motifs is 1. The molecule has 2 atom stereocenters. The number of ketones is 1. The molecule has 0 N–H and O–H groups in total. The van der Waals surface area contributed by atoms with E-state index in [9.17, 15) is 4.79 Å². The number of hydrogen-bond donors (Lipinski definition) is 0. The van der Waals surface area contributed by atoms with E-state index >= 15 is 0 Å². The Balaban J connectivity index is 1.98. The standard InChI is InChI=1S/C7H10O3S/c8-5-3-6-7(10-4-5)9-1-2-11-6/h6-7H,1-4H2. The number of hydrogen-bond acceptors (Lipinski definition) is 4. The van der Waals surface area contributed by atoms with Crippen LogP contribution in [-0.2, 0) is 14.3 Å². The largest absolute Gasteiger partial charge is 0.351 e. The fourth-order valence-electron chi connectivity index (χ4n) is 1.32. The van der Waals surface area contributed by atoms with Crippen molar-refractivity contribution in [3.05, 3.63) is 0 Å². The first-order chi connectivity index (χ1) is 5.36. The van der Waals surface area contributed by atoms with Crippen molar-refractivity contribution in [2.45, 2.75) is 18.0 Å². The average molecular weight is 174 g/mol. The third-order valence-corrected chi connectivity index (χ3v) is 3.06. The molecule has 4 heteroatoms. The summed E-state index contributed by atoms with van der Waals surface area (Å²) < 4.78 is 10.5. The molecule has 0 spiro atoms. The van der Waals surface area contributed by atoms with Crippen molar-refractivity contribution in [3.8, 4) is 0 Å². The fraction of sp³-hybridized carbons (Fsp3) is 0.857. The Bertz CT molecular complexity index is 171. The summed E-state index contributed by atoms with van der Waals surface area (Å²) in [5, 5.41) is 0.255. The normalized spacial score (nSPS) is 38.4. The van der Waals surface area contributed by atoms with Crippen molar-refractivity contribution in [2.75, 3.05) is 19.0 Å². The summed E-state index contributed by atoms with van der Waals surface area (Å²) in [7, 11) is 0. The van der Waals surface area contributed by atoms with E-state index in [-0.39, 0.29) is 23.9 Å². The van der Waals surface area contributed by atoms with Gasteiger partial charge in [0.15, 0.2) is 12.1 Å². The summed E-state index contributed by atoms with van der Waals surface area (Å²) in [6.45, 7) is 0.988. The van der Waals surface area contributed by atoms with Gasteiger partial charge >= 0.3 is 0 Å². The zero-order valence-electron chi connectivity index (χ0n) is 6.12. The van der Waals surface area contributed by atoms with Crippen molar-refractivity contribution in [1.82, 2.24) is 0 Å². The molecule has 2 unspecified atom stereocenters. The highest BCUT2D eigenvalue weighted by Gasteiger charge is 2.33. The summed E-state index contributed by atoms with van der Waals surface area (Å²) >= 11 is 1.78. The van der Waals surface area contributed by atoms with Crippen LogP contribution < -0.4 is 0 Å². The number of carbonyl (C=O) groups is 1. The van der Waals surface area contributed by atoms with Gasteiger partial charge in [0.1, 0.15) is 6.61 Å². The maximum atomic E-state index is 10.9. The van der Waals surface area contributed by atoms with Gasteiger partial charge in [-0.2, -0.15) is 11.8 Å². The quantitative estimate of drug-likeness (QED) is 0.533. The molecule has 0 aromatic heterocycles. The molecular weight excluding hydrogens is 164 g/mol. The van der Waals surface area contributed by atoms with Crippen LogP contribution in [0, 0.1) is 0 Å². The Morgan fingerprint density at radius 3 is 3.27 bits per heavy atom. The van der Waals surface area contributed by atoms with Gasteiger partial charge in [-0.15, -0.1) is 0 Å². The third-order valence-electron chi connectivity index (χ3n) is 1.84. The Morgan fingerprint density at radius 1 is 1.45 bits per heavy atom. The number of rotatable bonds is 0. The minimum Gasteiger partial charge on any atom is -0.351 e. The summed E-state index contributed by atoms with van der Waals surface area (Å²) in [6.07, 6.45) is 0.501. The number of Topliss-reactive ketones (excluding diaryl/α,β-unsaturated/α-hetero) is 1. The second-order valence-electron chi connectivity index (χ2n) is 2.70. The summed E-state index contributed by atoms with van der Waals surface area (Å²) in [5.74, 6) is 1.18. The van der Waals surface area contributed by atoms with Crippen molar-refractivity contribution >= 4 is 17.5 Å². The molecule has 0 aromatic rings. The van der Waals surface area contributed by atoms with Gasteiger partial charge in [0.05, 0.1) is 11.9 Å². The SMILES string of the molecule is O=C1COC2OCCSC2C1. The van der Waals surface area contributed by atoms with Gasteiger partial charge < -0.3 is 9.47 Å². The monoisotopic (exact) mass is 174 g/mol. The molecule has 0 aliphatic carbocycles. The van der Waals surface area contributed by atoms with E-state index in [2.05, 4.69) is 0 Å². The molecule has 3 nitrogen and oxygen atoms in total. The van der Waals surface area contributed by atoms with E-state index in [1.54, 1.807) is 11.8 Å². The van der Waals surface area contributed by atoms with E-state index < -0.39 is 0 Å². The smallest absolute Gasteiger partial charge is 0.170 e. The van der Waals surface area contributed by atoms with E-state index in [1.165, 1.54) is 0 Å². The molecule has 62 valence electrons. The van der Waals surface area contributed by atoms with Crippen LogP contribution in [0.4, 0.5) is 0 Å². The van der Waals surface area contributed by atoms with Gasteiger partial charge in [0, 0.05) is 12.2 Å². The summed E-state index contributed by atoms with van der Waals surface area (Å²) in [4.78, 5) is 10.9. The molecule has 2 aliphatic heterocycles. The second-order valence-corrected chi connectivity index (χ2v) is 4.05. The molecule has 0 aromatic carbocycles. The molecular formula is C7H10O3S. The predicted octanol–water partition coefficient (Wildman–Crippen LogP) is 0.434. The lowest BCUT2D eigenvalue weighted by Crippen LogP contribution is -2.42. The lowest BCUT2D eigenvalue weighted by atomic mass is 10.2. The first-order valence-corrected chi connectivity index (χ1v) is 4.77. The van der Waals surface area contributed by atoms with Crippen LogP contribution in [-0.4, -0.2) is 36.3 Å². The van der Waals surface area contributed by atoms with Crippen LogP contribution in [0.25, 0.3) is 0 Å². The van der Waals surface area contributed by atoms with E-state index in [0.29, 0.717) is 6.42 Å².